The zero-order valence-electron chi connectivity index (χ0n) is 22.0. The average Bonchev–Trinajstić information content (AvgIpc) is 2.75. The van der Waals surface area contributed by atoms with E-state index in [9.17, 15) is 14.4 Å². The van der Waals surface area contributed by atoms with Crippen molar-refractivity contribution in [3.8, 4) is 12.5 Å². The minimum absolute atomic E-state index is 0.0598. The van der Waals surface area contributed by atoms with E-state index >= 15 is 0 Å². The van der Waals surface area contributed by atoms with Gasteiger partial charge in [-0.1, -0.05) is 69.4 Å². The molecule has 7 nitrogen and oxygen atoms in total. The van der Waals surface area contributed by atoms with Gasteiger partial charge >= 0.3 is 6.09 Å². The van der Waals surface area contributed by atoms with Gasteiger partial charge in [0.15, 0.2) is 0 Å². The van der Waals surface area contributed by atoms with Gasteiger partial charge in [0.05, 0.1) is 0 Å². The van der Waals surface area contributed by atoms with Gasteiger partial charge in [-0.3, -0.25) is 14.5 Å². The van der Waals surface area contributed by atoms with Crippen molar-refractivity contribution in [1.82, 2.24) is 15.5 Å². The van der Waals surface area contributed by atoms with Crippen LogP contribution in [0.25, 0.3) is 0 Å². The predicted octanol–water partition coefficient (Wildman–Crippen LogP) is 4.84. The SMILES string of the molecule is C#CN(C(=O)C(CC(C)C)NC(=O)OC(C)(C)C)C(C(=O)NC1CCCCC1)c1cccc(C)c1. The molecule has 192 valence electrons. The van der Waals surface area contributed by atoms with Gasteiger partial charge < -0.3 is 15.4 Å². The second-order valence-electron chi connectivity index (χ2n) is 10.8. The van der Waals surface area contributed by atoms with Crippen LogP contribution in [0.15, 0.2) is 24.3 Å². The number of aryl methyl sites for hydroxylation is 1. The summed E-state index contributed by atoms with van der Waals surface area (Å²) in [6.07, 6.45) is 10.6. The number of ether oxygens (including phenoxy) is 1. The Kier molecular flexibility index (Phi) is 10.2. The largest absolute Gasteiger partial charge is 0.444 e. The minimum Gasteiger partial charge on any atom is -0.444 e. The molecule has 1 aromatic rings. The van der Waals surface area contributed by atoms with E-state index in [0.717, 1.165) is 42.6 Å². The molecule has 1 saturated carbocycles. The molecular weight excluding hydrogens is 442 g/mol. The van der Waals surface area contributed by atoms with Gasteiger partial charge in [0.2, 0.25) is 5.91 Å². The fourth-order valence-electron chi connectivity index (χ4n) is 4.36. The number of amides is 3. The van der Waals surface area contributed by atoms with E-state index in [1.165, 1.54) is 0 Å². The third-order valence-corrected chi connectivity index (χ3v) is 5.89. The lowest BCUT2D eigenvalue weighted by Gasteiger charge is -2.32. The maximum atomic E-state index is 13.7. The first kappa shape index (κ1) is 28.2. The standard InChI is InChI=1S/C28H41N3O4/c1-8-31(26(33)23(17-19(2)3)30-27(34)35-28(5,6)7)24(21-14-12-13-20(4)18-21)25(32)29-22-15-10-9-11-16-22/h1,12-14,18-19,22-24H,9-11,15-17H2,2-7H3,(H,29,32)(H,30,34). The Balaban J connectivity index is 2.38. The number of alkyl carbamates (subject to hydrolysis) is 1. The molecule has 1 aliphatic carbocycles. The predicted molar refractivity (Wildman–Crippen MR) is 137 cm³/mol. The van der Waals surface area contributed by atoms with Gasteiger partial charge in [-0.2, -0.15) is 0 Å². The number of nitrogens with zero attached hydrogens (tertiary/aromatic N) is 1. The number of rotatable bonds is 8. The molecule has 2 rings (SSSR count). The van der Waals surface area contributed by atoms with Crippen LogP contribution in [0.1, 0.15) is 90.3 Å². The number of terminal acetylenes is 1. The second kappa shape index (κ2) is 12.6. The highest BCUT2D eigenvalue weighted by molar-refractivity contribution is 5.93. The molecule has 0 bridgehead atoms. The molecule has 0 aromatic heterocycles. The molecule has 3 amide bonds. The van der Waals surface area contributed by atoms with E-state index in [1.807, 2.05) is 39.0 Å². The highest BCUT2D eigenvalue weighted by Gasteiger charge is 2.37. The first-order valence-electron chi connectivity index (χ1n) is 12.6. The molecule has 0 radical (unpaired) electrons. The van der Waals surface area contributed by atoms with Crippen LogP contribution in [0, 0.1) is 25.3 Å². The lowest BCUT2D eigenvalue weighted by molar-refractivity contribution is -0.139. The summed E-state index contributed by atoms with van der Waals surface area (Å²) in [6.45, 7) is 11.1. The summed E-state index contributed by atoms with van der Waals surface area (Å²) in [5, 5.41) is 5.80. The Morgan fingerprint density at radius 2 is 1.83 bits per heavy atom. The highest BCUT2D eigenvalue weighted by atomic mass is 16.6. The summed E-state index contributed by atoms with van der Waals surface area (Å²) in [4.78, 5) is 40.9. The van der Waals surface area contributed by atoms with Gasteiger partial charge in [-0.25, -0.2) is 4.79 Å². The van der Waals surface area contributed by atoms with Crippen LogP contribution >= 0.6 is 0 Å². The van der Waals surface area contributed by atoms with Gasteiger partial charge in [0, 0.05) is 12.1 Å². The van der Waals surface area contributed by atoms with E-state index in [2.05, 4.69) is 16.7 Å². The molecule has 0 aliphatic heterocycles. The molecule has 2 unspecified atom stereocenters. The maximum Gasteiger partial charge on any atom is 0.408 e. The van der Waals surface area contributed by atoms with Crippen molar-refractivity contribution >= 4 is 17.9 Å². The van der Waals surface area contributed by atoms with Crippen LogP contribution in [0.2, 0.25) is 0 Å². The Hall–Kier alpha value is -3.01. The molecule has 0 spiro atoms. The van der Waals surface area contributed by atoms with Crippen molar-refractivity contribution in [2.24, 2.45) is 5.92 Å². The van der Waals surface area contributed by atoms with Crippen molar-refractivity contribution in [2.45, 2.75) is 104 Å². The fourth-order valence-corrected chi connectivity index (χ4v) is 4.36. The third kappa shape index (κ3) is 8.93. The number of hydrogen-bond donors (Lipinski definition) is 2. The number of nitrogens with one attached hydrogen (secondary N) is 2. The highest BCUT2D eigenvalue weighted by Crippen LogP contribution is 2.26. The van der Waals surface area contributed by atoms with E-state index in [1.54, 1.807) is 26.8 Å². The number of carbonyl (C=O) groups excluding carboxylic acids is 3. The van der Waals surface area contributed by atoms with Crippen LogP contribution < -0.4 is 10.6 Å². The molecule has 7 heteroatoms. The molecule has 2 atom stereocenters. The minimum atomic E-state index is -1.01. The van der Waals surface area contributed by atoms with Gasteiger partial charge in [-0.05, 0) is 58.4 Å². The molecule has 0 heterocycles. The third-order valence-electron chi connectivity index (χ3n) is 5.89. The summed E-state index contributed by atoms with van der Waals surface area (Å²) in [7, 11) is 0. The quantitative estimate of drug-likeness (QED) is 0.409. The lowest BCUT2D eigenvalue weighted by atomic mass is 9.94. The second-order valence-corrected chi connectivity index (χ2v) is 10.8. The molecule has 1 fully saturated rings. The van der Waals surface area contributed by atoms with Crippen LogP contribution in [0.5, 0.6) is 0 Å². The first-order valence-corrected chi connectivity index (χ1v) is 12.6. The first-order chi connectivity index (χ1) is 16.4. The number of hydrogen-bond acceptors (Lipinski definition) is 4. The van der Waals surface area contributed by atoms with E-state index < -0.39 is 29.7 Å². The molecule has 2 N–H and O–H groups in total. The zero-order chi connectivity index (χ0) is 26.2. The van der Waals surface area contributed by atoms with Crippen molar-refractivity contribution in [2.75, 3.05) is 0 Å². The monoisotopic (exact) mass is 483 g/mol. The van der Waals surface area contributed by atoms with Crippen molar-refractivity contribution < 1.29 is 19.1 Å². The number of carbonyl (C=O) groups is 3. The fraction of sp³-hybridized carbons (Fsp3) is 0.607. The normalized spacial score (nSPS) is 16.1. The average molecular weight is 484 g/mol. The summed E-state index contributed by atoms with van der Waals surface area (Å²) in [5.74, 6) is -0.737. The summed E-state index contributed by atoms with van der Waals surface area (Å²) in [6, 6.07) is 7.99. The van der Waals surface area contributed by atoms with Crippen LogP contribution in [0.3, 0.4) is 0 Å². The molecule has 1 aliphatic rings. The Morgan fingerprint density at radius 3 is 2.37 bits per heavy atom. The maximum absolute atomic E-state index is 13.7. The Bertz CT molecular complexity index is 923. The smallest absolute Gasteiger partial charge is 0.408 e. The summed E-state index contributed by atoms with van der Waals surface area (Å²) >= 11 is 0. The topological polar surface area (TPSA) is 87.7 Å². The summed E-state index contributed by atoms with van der Waals surface area (Å²) in [5.41, 5.74) is 0.865. The van der Waals surface area contributed by atoms with E-state index in [0.29, 0.717) is 12.0 Å². The van der Waals surface area contributed by atoms with E-state index in [4.69, 9.17) is 11.2 Å². The zero-order valence-corrected chi connectivity index (χ0v) is 22.0. The van der Waals surface area contributed by atoms with Crippen molar-refractivity contribution in [3.05, 3.63) is 35.4 Å². The van der Waals surface area contributed by atoms with Crippen molar-refractivity contribution in [3.63, 3.8) is 0 Å². The van der Waals surface area contributed by atoms with Crippen LogP contribution in [-0.2, 0) is 14.3 Å². The van der Waals surface area contributed by atoms with Crippen molar-refractivity contribution in [1.29, 1.82) is 0 Å². The van der Waals surface area contributed by atoms with E-state index in [-0.39, 0.29) is 17.9 Å². The Morgan fingerprint density at radius 1 is 1.17 bits per heavy atom. The number of benzene rings is 1. The van der Waals surface area contributed by atoms with Gasteiger partial charge in [0.25, 0.3) is 5.91 Å². The Labute approximate surface area is 210 Å². The van der Waals surface area contributed by atoms with Crippen LogP contribution in [-0.4, -0.2) is 40.5 Å². The van der Waals surface area contributed by atoms with Gasteiger partial charge in [0.1, 0.15) is 17.7 Å². The van der Waals surface area contributed by atoms with Gasteiger partial charge in [-0.15, -0.1) is 0 Å². The van der Waals surface area contributed by atoms with Crippen LogP contribution in [0.4, 0.5) is 4.79 Å². The molecular formula is C28H41N3O4. The lowest BCUT2D eigenvalue weighted by Crippen LogP contribution is -2.52. The molecule has 1 aromatic carbocycles. The summed E-state index contributed by atoms with van der Waals surface area (Å²) < 4.78 is 5.37. The molecule has 0 saturated heterocycles. The molecule has 35 heavy (non-hydrogen) atoms.